The fourth-order valence-electron chi connectivity index (χ4n) is 3.94. The Morgan fingerprint density at radius 3 is 2.31 bits per heavy atom. The van der Waals surface area contributed by atoms with Gasteiger partial charge in [0.25, 0.3) is 5.91 Å². The average molecular weight is 563 g/mol. The first-order valence-corrected chi connectivity index (χ1v) is 12.6. The van der Waals surface area contributed by atoms with E-state index in [2.05, 4.69) is 5.32 Å². The second-order valence-electron chi connectivity index (χ2n) is 8.11. The van der Waals surface area contributed by atoms with E-state index in [1.54, 1.807) is 72.7 Å². The van der Waals surface area contributed by atoms with Crippen LogP contribution in [0.25, 0.3) is 0 Å². The maximum atomic E-state index is 13.6. The highest BCUT2D eigenvalue weighted by Crippen LogP contribution is 2.30. The Bertz CT molecular complexity index is 1290. The Hall–Kier alpha value is -2.84. The third kappa shape index (κ3) is 5.93. The molecule has 0 spiro atoms. The lowest BCUT2D eigenvalue weighted by molar-refractivity contribution is -0.124. The van der Waals surface area contributed by atoms with Gasteiger partial charge >= 0.3 is 0 Å². The van der Waals surface area contributed by atoms with Gasteiger partial charge in [-0.3, -0.25) is 14.5 Å². The van der Waals surface area contributed by atoms with Gasteiger partial charge in [0.1, 0.15) is 11.8 Å². The van der Waals surface area contributed by atoms with Crippen LogP contribution in [0.5, 0.6) is 5.75 Å². The number of amides is 2. The molecule has 0 radical (unpaired) electrons. The van der Waals surface area contributed by atoms with E-state index in [1.807, 2.05) is 6.07 Å². The number of carbonyl (C=O) groups is 2. The van der Waals surface area contributed by atoms with Gasteiger partial charge in [-0.25, -0.2) is 0 Å². The van der Waals surface area contributed by atoms with Crippen molar-refractivity contribution in [1.29, 1.82) is 0 Å². The van der Waals surface area contributed by atoms with E-state index < -0.39 is 6.04 Å². The van der Waals surface area contributed by atoms with Gasteiger partial charge in [-0.2, -0.15) is 0 Å². The Morgan fingerprint density at radius 1 is 1.00 bits per heavy atom. The van der Waals surface area contributed by atoms with Crippen LogP contribution in [0.15, 0.2) is 66.7 Å². The van der Waals surface area contributed by atoms with Crippen LogP contribution in [-0.4, -0.2) is 41.5 Å². The van der Waals surface area contributed by atoms with Crippen LogP contribution >= 0.6 is 47.0 Å². The molecule has 2 amide bonds. The highest BCUT2D eigenvalue weighted by atomic mass is 35.5. The van der Waals surface area contributed by atoms with Gasteiger partial charge in [0.2, 0.25) is 5.91 Å². The standard InChI is InChI=1S/C26H22Cl3N3O3S/c1-35-21-10-8-20(9-11-21)32-25(34)23(15-24(33)30-19-6-4-17(27)5-7-19)31(26(32)36)13-12-16-2-3-18(28)14-22(16)29/h2-11,14,23H,12-13,15H2,1H3,(H,30,33). The number of nitrogens with one attached hydrogen (secondary N) is 1. The molecule has 0 saturated carbocycles. The summed E-state index contributed by atoms with van der Waals surface area (Å²) in [5, 5.41) is 4.77. The van der Waals surface area contributed by atoms with Gasteiger partial charge in [-0.15, -0.1) is 0 Å². The Kier molecular flexibility index (Phi) is 8.36. The molecule has 4 rings (SSSR count). The molecule has 1 aliphatic rings. The molecule has 1 heterocycles. The van der Waals surface area contributed by atoms with Crippen molar-refractivity contribution < 1.29 is 14.3 Å². The minimum absolute atomic E-state index is 0.0807. The van der Waals surface area contributed by atoms with Crippen molar-refractivity contribution in [3.05, 3.63) is 87.4 Å². The van der Waals surface area contributed by atoms with Crippen molar-refractivity contribution in [2.45, 2.75) is 18.9 Å². The number of methoxy groups -OCH3 is 1. The summed E-state index contributed by atoms with van der Waals surface area (Å²) in [6.45, 7) is 0.386. The molecule has 1 saturated heterocycles. The van der Waals surface area contributed by atoms with Crippen LogP contribution in [0.3, 0.4) is 0 Å². The highest BCUT2D eigenvalue weighted by Gasteiger charge is 2.44. The molecule has 0 aromatic heterocycles. The molecule has 1 unspecified atom stereocenters. The third-order valence-electron chi connectivity index (χ3n) is 5.79. The molecule has 186 valence electrons. The predicted molar refractivity (Wildman–Crippen MR) is 148 cm³/mol. The molecular weight excluding hydrogens is 541 g/mol. The molecule has 10 heteroatoms. The van der Waals surface area contributed by atoms with Crippen LogP contribution in [0.1, 0.15) is 12.0 Å². The first-order valence-electron chi connectivity index (χ1n) is 11.0. The first kappa shape index (κ1) is 26.2. The van der Waals surface area contributed by atoms with Crippen molar-refractivity contribution in [2.24, 2.45) is 0 Å². The number of hydrogen-bond acceptors (Lipinski definition) is 4. The second-order valence-corrected chi connectivity index (χ2v) is 9.75. The molecule has 1 fully saturated rings. The average Bonchev–Trinajstić information content (AvgIpc) is 3.08. The van der Waals surface area contributed by atoms with E-state index in [1.165, 1.54) is 4.90 Å². The van der Waals surface area contributed by atoms with E-state index in [0.717, 1.165) is 5.56 Å². The lowest BCUT2D eigenvalue weighted by Crippen LogP contribution is -2.39. The number of carbonyl (C=O) groups excluding carboxylic acids is 2. The summed E-state index contributed by atoms with van der Waals surface area (Å²) in [5.74, 6) is 0.0626. The number of benzene rings is 3. The maximum Gasteiger partial charge on any atom is 0.256 e. The van der Waals surface area contributed by atoms with Gasteiger partial charge in [0.05, 0.1) is 19.2 Å². The molecule has 0 aliphatic carbocycles. The number of ether oxygens (including phenoxy) is 1. The normalized spacial score (nSPS) is 15.4. The van der Waals surface area contributed by atoms with Gasteiger partial charge in [-0.05, 0) is 84.9 Å². The summed E-state index contributed by atoms with van der Waals surface area (Å²) in [7, 11) is 1.57. The Balaban J connectivity index is 1.57. The second kappa shape index (κ2) is 11.5. The third-order valence-corrected chi connectivity index (χ3v) is 7.05. The zero-order chi connectivity index (χ0) is 25.8. The summed E-state index contributed by atoms with van der Waals surface area (Å²) in [5.41, 5.74) is 2.05. The summed E-state index contributed by atoms with van der Waals surface area (Å²) in [4.78, 5) is 29.7. The molecule has 3 aromatic carbocycles. The lowest BCUT2D eigenvalue weighted by atomic mass is 10.1. The Labute approximate surface area is 229 Å². The van der Waals surface area contributed by atoms with Crippen LogP contribution in [0.4, 0.5) is 11.4 Å². The van der Waals surface area contributed by atoms with Crippen molar-refractivity contribution >= 4 is 75.3 Å². The number of rotatable bonds is 8. The molecule has 6 nitrogen and oxygen atoms in total. The minimum atomic E-state index is -0.780. The van der Waals surface area contributed by atoms with E-state index in [-0.39, 0.29) is 18.2 Å². The van der Waals surface area contributed by atoms with Crippen molar-refractivity contribution in [1.82, 2.24) is 4.90 Å². The fraction of sp³-hybridized carbons (Fsp3) is 0.192. The lowest BCUT2D eigenvalue weighted by Gasteiger charge is -2.24. The van der Waals surface area contributed by atoms with Gasteiger partial charge in [0.15, 0.2) is 5.11 Å². The van der Waals surface area contributed by atoms with Gasteiger partial charge in [0, 0.05) is 27.3 Å². The number of hydrogen-bond donors (Lipinski definition) is 1. The van der Waals surface area contributed by atoms with Crippen molar-refractivity contribution in [3.63, 3.8) is 0 Å². The number of nitrogens with zero attached hydrogens (tertiary/aromatic N) is 2. The first-order chi connectivity index (χ1) is 17.3. The van der Waals surface area contributed by atoms with E-state index in [9.17, 15) is 9.59 Å². The summed E-state index contributed by atoms with van der Waals surface area (Å²) >= 11 is 24.0. The summed E-state index contributed by atoms with van der Waals surface area (Å²) < 4.78 is 5.22. The van der Waals surface area contributed by atoms with E-state index in [4.69, 9.17) is 51.8 Å². The van der Waals surface area contributed by atoms with Crippen LogP contribution in [0.2, 0.25) is 15.1 Å². The Morgan fingerprint density at radius 2 is 1.67 bits per heavy atom. The summed E-state index contributed by atoms with van der Waals surface area (Å²) in [6, 6.07) is 18.3. The summed E-state index contributed by atoms with van der Waals surface area (Å²) in [6.07, 6.45) is 0.428. The molecule has 1 N–H and O–H groups in total. The number of halogens is 3. The zero-order valence-electron chi connectivity index (χ0n) is 19.2. The van der Waals surface area contributed by atoms with Crippen LogP contribution in [0, 0.1) is 0 Å². The number of thiocarbonyl (C=S) groups is 1. The van der Waals surface area contributed by atoms with Crippen molar-refractivity contribution in [3.8, 4) is 5.75 Å². The monoisotopic (exact) mass is 561 g/mol. The van der Waals surface area contributed by atoms with Crippen LogP contribution in [-0.2, 0) is 16.0 Å². The molecule has 1 atom stereocenters. The number of anilines is 2. The topological polar surface area (TPSA) is 61.9 Å². The highest BCUT2D eigenvalue weighted by molar-refractivity contribution is 7.80. The van der Waals surface area contributed by atoms with Crippen LogP contribution < -0.4 is 15.0 Å². The minimum Gasteiger partial charge on any atom is -0.497 e. The van der Waals surface area contributed by atoms with E-state index >= 15 is 0 Å². The maximum absolute atomic E-state index is 13.6. The molecule has 3 aromatic rings. The SMILES string of the molecule is COc1ccc(N2C(=O)C(CC(=O)Nc3ccc(Cl)cc3)N(CCc3ccc(Cl)cc3Cl)C2=S)cc1. The molecule has 0 bridgehead atoms. The largest absolute Gasteiger partial charge is 0.497 e. The quantitative estimate of drug-likeness (QED) is 0.330. The fourth-order valence-corrected chi connectivity index (χ4v) is 4.99. The predicted octanol–water partition coefficient (Wildman–Crippen LogP) is 6.23. The van der Waals surface area contributed by atoms with Crippen molar-refractivity contribution in [2.75, 3.05) is 23.9 Å². The van der Waals surface area contributed by atoms with Gasteiger partial charge in [-0.1, -0.05) is 40.9 Å². The molecule has 36 heavy (non-hydrogen) atoms. The smallest absolute Gasteiger partial charge is 0.256 e. The van der Waals surface area contributed by atoms with Gasteiger partial charge < -0.3 is 15.0 Å². The zero-order valence-corrected chi connectivity index (χ0v) is 22.3. The molecular formula is C26H22Cl3N3O3S. The molecule has 1 aliphatic heterocycles. The van der Waals surface area contributed by atoms with E-state index in [0.29, 0.717) is 50.3 Å².